The lowest BCUT2D eigenvalue weighted by molar-refractivity contribution is 0.0933. The van der Waals surface area contributed by atoms with E-state index in [1.165, 1.54) is 0 Å². The molecule has 29 heavy (non-hydrogen) atoms. The Balaban J connectivity index is 1.57. The zero-order chi connectivity index (χ0) is 20.4. The number of carbonyl (C=O) groups is 1. The summed E-state index contributed by atoms with van der Waals surface area (Å²) in [5.41, 5.74) is 2.21. The third kappa shape index (κ3) is 4.08. The highest BCUT2D eigenvalue weighted by molar-refractivity contribution is 6.39. The summed E-state index contributed by atoms with van der Waals surface area (Å²) in [6.45, 7) is 2.47. The van der Waals surface area contributed by atoms with E-state index in [0.717, 1.165) is 48.1 Å². The number of para-hydroxylation sites is 1. The van der Waals surface area contributed by atoms with E-state index in [2.05, 4.69) is 21.3 Å². The fourth-order valence-corrected chi connectivity index (χ4v) is 4.46. The van der Waals surface area contributed by atoms with Gasteiger partial charge in [-0.25, -0.2) is 0 Å². The van der Waals surface area contributed by atoms with Gasteiger partial charge in [0.1, 0.15) is 11.4 Å². The van der Waals surface area contributed by atoms with E-state index in [9.17, 15) is 4.79 Å². The topological polar surface area (TPSA) is 57.4 Å². The molecule has 1 unspecified atom stereocenters. The number of rotatable bonds is 6. The summed E-state index contributed by atoms with van der Waals surface area (Å²) in [5.74, 6) is 0.596. The number of H-pyrrole nitrogens is 1. The average Bonchev–Trinajstić information content (AvgIpc) is 3.37. The van der Waals surface area contributed by atoms with Gasteiger partial charge in [0.15, 0.2) is 0 Å². The van der Waals surface area contributed by atoms with E-state index in [0.29, 0.717) is 22.3 Å². The van der Waals surface area contributed by atoms with Gasteiger partial charge in [-0.1, -0.05) is 41.4 Å². The van der Waals surface area contributed by atoms with Gasteiger partial charge in [-0.3, -0.25) is 9.69 Å². The minimum absolute atomic E-state index is 0.0372. The molecule has 0 spiro atoms. The number of aromatic nitrogens is 1. The average molecular weight is 432 g/mol. The summed E-state index contributed by atoms with van der Waals surface area (Å²) in [7, 11) is 1.67. The van der Waals surface area contributed by atoms with Crippen molar-refractivity contribution in [3.05, 3.63) is 63.8 Å². The summed E-state index contributed by atoms with van der Waals surface area (Å²) in [6.07, 6.45) is 2.32. The minimum atomic E-state index is -0.235. The summed E-state index contributed by atoms with van der Waals surface area (Å²) in [4.78, 5) is 18.4. The van der Waals surface area contributed by atoms with Crippen LogP contribution in [0.15, 0.2) is 42.5 Å². The van der Waals surface area contributed by atoms with Crippen LogP contribution in [0.5, 0.6) is 5.75 Å². The maximum absolute atomic E-state index is 12.9. The SMILES string of the molecule is COc1ccccc1C(CNC(=O)c1[nH]c2ccc(Cl)cc2c1Cl)N1CCCC1. The summed E-state index contributed by atoms with van der Waals surface area (Å²) in [5, 5.41) is 4.76. The highest BCUT2D eigenvalue weighted by atomic mass is 35.5. The third-order valence-electron chi connectivity index (χ3n) is 5.46. The molecule has 2 aromatic carbocycles. The van der Waals surface area contributed by atoms with Crippen molar-refractivity contribution in [2.24, 2.45) is 0 Å². The van der Waals surface area contributed by atoms with Crippen molar-refractivity contribution in [3.8, 4) is 5.75 Å². The normalized spacial score (nSPS) is 15.6. The third-order valence-corrected chi connectivity index (χ3v) is 6.09. The van der Waals surface area contributed by atoms with Crippen molar-refractivity contribution in [1.82, 2.24) is 15.2 Å². The number of nitrogens with one attached hydrogen (secondary N) is 2. The summed E-state index contributed by atoms with van der Waals surface area (Å²) < 4.78 is 5.57. The van der Waals surface area contributed by atoms with Gasteiger partial charge in [-0.2, -0.15) is 0 Å². The molecule has 5 nitrogen and oxygen atoms in total. The van der Waals surface area contributed by atoms with Gasteiger partial charge in [0.05, 0.1) is 18.2 Å². The summed E-state index contributed by atoms with van der Waals surface area (Å²) >= 11 is 12.5. The molecular weight excluding hydrogens is 409 g/mol. The van der Waals surface area contributed by atoms with Crippen molar-refractivity contribution in [1.29, 1.82) is 0 Å². The van der Waals surface area contributed by atoms with Gasteiger partial charge in [0.2, 0.25) is 0 Å². The number of aromatic amines is 1. The predicted molar refractivity (Wildman–Crippen MR) is 117 cm³/mol. The molecule has 0 aliphatic carbocycles. The van der Waals surface area contributed by atoms with Gasteiger partial charge in [0, 0.05) is 28.0 Å². The number of likely N-dealkylation sites (tertiary alicyclic amines) is 1. The van der Waals surface area contributed by atoms with Gasteiger partial charge in [-0.15, -0.1) is 0 Å². The Morgan fingerprint density at radius 2 is 1.97 bits per heavy atom. The van der Waals surface area contributed by atoms with Crippen LogP contribution in [0.25, 0.3) is 10.9 Å². The van der Waals surface area contributed by atoms with Crippen LogP contribution in [0.3, 0.4) is 0 Å². The number of nitrogens with zero attached hydrogens (tertiary/aromatic N) is 1. The first kappa shape index (κ1) is 20.1. The van der Waals surface area contributed by atoms with E-state index >= 15 is 0 Å². The molecule has 0 bridgehead atoms. The molecule has 1 saturated heterocycles. The predicted octanol–water partition coefficient (Wildman–Crippen LogP) is 5.05. The minimum Gasteiger partial charge on any atom is -0.496 e. The van der Waals surface area contributed by atoms with Gasteiger partial charge < -0.3 is 15.0 Å². The van der Waals surface area contributed by atoms with Crippen molar-refractivity contribution in [2.75, 3.05) is 26.7 Å². The van der Waals surface area contributed by atoms with E-state index in [4.69, 9.17) is 27.9 Å². The van der Waals surface area contributed by atoms with Crippen LogP contribution in [-0.2, 0) is 0 Å². The first-order valence-corrected chi connectivity index (χ1v) is 10.5. The molecule has 152 valence electrons. The number of hydrogen-bond acceptors (Lipinski definition) is 3. The Morgan fingerprint density at radius 3 is 2.72 bits per heavy atom. The lowest BCUT2D eigenvalue weighted by Gasteiger charge is -2.29. The molecular formula is C22H23Cl2N3O2. The van der Waals surface area contributed by atoms with Crippen LogP contribution in [0.1, 0.15) is 34.9 Å². The monoisotopic (exact) mass is 431 g/mol. The number of methoxy groups -OCH3 is 1. The first-order chi connectivity index (χ1) is 14.1. The van der Waals surface area contributed by atoms with Crippen LogP contribution in [0, 0.1) is 0 Å². The zero-order valence-electron chi connectivity index (χ0n) is 16.2. The number of amides is 1. The number of fused-ring (bicyclic) bond motifs is 1. The molecule has 3 aromatic rings. The number of benzene rings is 2. The first-order valence-electron chi connectivity index (χ1n) is 9.70. The van der Waals surface area contributed by atoms with Crippen LogP contribution in [-0.4, -0.2) is 42.5 Å². The van der Waals surface area contributed by atoms with Crippen molar-refractivity contribution < 1.29 is 9.53 Å². The van der Waals surface area contributed by atoms with Crippen molar-refractivity contribution >= 4 is 40.0 Å². The Hall–Kier alpha value is -2.21. The molecule has 4 rings (SSSR count). The fourth-order valence-electron chi connectivity index (χ4n) is 4.00. The van der Waals surface area contributed by atoms with Gasteiger partial charge in [-0.05, 0) is 50.2 Å². The second-order valence-electron chi connectivity index (χ2n) is 7.21. The van der Waals surface area contributed by atoms with E-state index < -0.39 is 0 Å². The van der Waals surface area contributed by atoms with E-state index in [1.807, 2.05) is 24.3 Å². The van der Waals surface area contributed by atoms with E-state index in [1.54, 1.807) is 19.2 Å². The maximum Gasteiger partial charge on any atom is 0.269 e. The highest BCUT2D eigenvalue weighted by Crippen LogP contribution is 2.32. The summed E-state index contributed by atoms with van der Waals surface area (Å²) in [6, 6.07) is 13.4. The van der Waals surface area contributed by atoms with E-state index in [-0.39, 0.29) is 11.9 Å². The smallest absolute Gasteiger partial charge is 0.269 e. The fraction of sp³-hybridized carbons (Fsp3) is 0.318. The molecule has 7 heteroatoms. The molecule has 2 heterocycles. The van der Waals surface area contributed by atoms with Crippen LogP contribution in [0.4, 0.5) is 0 Å². The molecule has 0 saturated carbocycles. The number of halogens is 2. The second-order valence-corrected chi connectivity index (χ2v) is 8.03. The quantitative estimate of drug-likeness (QED) is 0.573. The number of ether oxygens (including phenoxy) is 1. The molecule has 1 fully saturated rings. The Kier molecular flexibility index (Phi) is 5.99. The van der Waals surface area contributed by atoms with Gasteiger partial charge >= 0.3 is 0 Å². The molecule has 1 amide bonds. The lowest BCUT2D eigenvalue weighted by Crippen LogP contribution is -2.37. The molecule has 1 aliphatic heterocycles. The second kappa shape index (κ2) is 8.66. The standard InChI is InChI=1S/C22H23Cl2N3O2/c1-29-19-7-3-2-6-15(19)18(27-10-4-5-11-27)13-25-22(28)21-20(24)16-12-14(23)8-9-17(16)26-21/h2-3,6-9,12,18,26H,4-5,10-11,13H2,1H3,(H,25,28). The Morgan fingerprint density at radius 1 is 1.21 bits per heavy atom. The Labute approximate surface area is 179 Å². The number of hydrogen-bond donors (Lipinski definition) is 2. The molecule has 0 radical (unpaired) electrons. The number of carbonyl (C=O) groups excluding carboxylic acids is 1. The molecule has 1 atom stereocenters. The van der Waals surface area contributed by atoms with Crippen LogP contribution in [0.2, 0.25) is 10.0 Å². The lowest BCUT2D eigenvalue weighted by atomic mass is 10.0. The van der Waals surface area contributed by atoms with Crippen molar-refractivity contribution in [2.45, 2.75) is 18.9 Å². The largest absolute Gasteiger partial charge is 0.496 e. The maximum atomic E-state index is 12.9. The highest BCUT2D eigenvalue weighted by Gasteiger charge is 2.27. The molecule has 1 aliphatic rings. The zero-order valence-corrected chi connectivity index (χ0v) is 17.7. The van der Waals surface area contributed by atoms with Crippen LogP contribution < -0.4 is 10.1 Å². The van der Waals surface area contributed by atoms with Crippen molar-refractivity contribution in [3.63, 3.8) is 0 Å². The molecule has 2 N–H and O–H groups in total. The van der Waals surface area contributed by atoms with Gasteiger partial charge in [0.25, 0.3) is 5.91 Å². The molecule has 1 aromatic heterocycles. The van der Waals surface area contributed by atoms with Crippen LogP contribution >= 0.6 is 23.2 Å². The Bertz CT molecular complexity index is 1030.